The van der Waals surface area contributed by atoms with Crippen LogP contribution in [-0.4, -0.2) is 42.9 Å². The van der Waals surface area contributed by atoms with Crippen LogP contribution in [0.1, 0.15) is 6.92 Å². The minimum Gasteiger partial charge on any atom is -0.246 e. The van der Waals surface area contributed by atoms with Gasteiger partial charge in [0, 0.05) is 11.6 Å². The molecule has 2 aromatic heterocycles. The van der Waals surface area contributed by atoms with Crippen molar-refractivity contribution in [2.45, 2.75) is 13.1 Å². The average Bonchev–Trinajstić information content (AvgIpc) is 3.08. The number of nitrogens with two attached hydrogens (primary N) is 1. The van der Waals surface area contributed by atoms with Gasteiger partial charge in [0.15, 0.2) is 17.5 Å². The van der Waals surface area contributed by atoms with Crippen molar-refractivity contribution in [3.05, 3.63) is 41.1 Å². The molecule has 2 N–H and O–H groups in total. The second-order valence-electron chi connectivity index (χ2n) is 5.71. The number of benzene rings is 1. The standard InChI is InChI=1S/C14H11ClF6N8/c1-6(16)4-26(29(20)21)28(22)13-11(7-2-9(18)10(19)3-8(7)17)12(15)25-14-23-5-24-27(13)14/h2-3,5-6H,4,22H2,1H3. The maximum Gasteiger partial charge on any atom is 0.255 e. The maximum atomic E-state index is 14.4. The molecule has 0 bridgehead atoms. The summed E-state index contributed by atoms with van der Waals surface area (Å²) in [7, 11) is 0. The van der Waals surface area contributed by atoms with E-state index in [1.54, 1.807) is 0 Å². The van der Waals surface area contributed by atoms with Gasteiger partial charge in [0.05, 0.1) is 12.1 Å². The number of hydrogen-bond acceptors (Lipinski definition) is 7. The molecule has 0 aliphatic carbocycles. The van der Waals surface area contributed by atoms with Gasteiger partial charge in [0.1, 0.15) is 28.9 Å². The van der Waals surface area contributed by atoms with Crippen LogP contribution in [0.2, 0.25) is 5.15 Å². The number of halogens is 7. The molecule has 0 amide bonds. The normalized spacial score (nSPS) is 12.9. The quantitative estimate of drug-likeness (QED) is 0.158. The van der Waals surface area contributed by atoms with Crippen molar-refractivity contribution in [3.8, 4) is 11.1 Å². The third-order valence-corrected chi connectivity index (χ3v) is 3.97. The highest BCUT2D eigenvalue weighted by Gasteiger charge is 2.31. The van der Waals surface area contributed by atoms with E-state index in [9.17, 15) is 26.5 Å². The number of fused-ring (bicyclic) bond motifs is 1. The molecule has 0 radical (unpaired) electrons. The fraction of sp³-hybridized carbons (Fsp3) is 0.214. The molecule has 3 aromatic rings. The van der Waals surface area contributed by atoms with E-state index in [0.29, 0.717) is 6.07 Å². The molecular weight excluding hydrogens is 430 g/mol. The lowest BCUT2D eigenvalue weighted by Crippen LogP contribution is -2.54. The fourth-order valence-electron chi connectivity index (χ4n) is 2.52. The summed E-state index contributed by atoms with van der Waals surface area (Å²) in [6.07, 6.45) is -0.811. The summed E-state index contributed by atoms with van der Waals surface area (Å²) in [5, 5.41) is 3.37. The van der Waals surface area contributed by atoms with E-state index in [0.717, 1.165) is 17.8 Å². The Hall–Kier alpha value is -2.68. The zero-order valence-electron chi connectivity index (χ0n) is 14.4. The third kappa shape index (κ3) is 3.91. The summed E-state index contributed by atoms with van der Waals surface area (Å²) in [5.74, 6) is 0.721. The van der Waals surface area contributed by atoms with Crippen LogP contribution in [0.5, 0.6) is 0 Å². The largest absolute Gasteiger partial charge is 0.255 e. The first-order chi connectivity index (χ1) is 13.6. The van der Waals surface area contributed by atoms with Crippen molar-refractivity contribution in [1.29, 1.82) is 0 Å². The Bertz CT molecular complexity index is 1040. The minimum atomic E-state index is -1.78. The van der Waals surface area contributed by atoms with Gasteiger partial charge in [-0.1, -0.05) is 25.7 Å². The van der Waals surface area contributed by atoms with E-state index in [1.807, 2.05) is 0 Å². The lowest BCUT2D eigenvalue weighted by molar-refractivity contribution is -0.309. The number of anilines is 1. The molecule has 0 fully saturated rings. The number of alkyl halides is 1. The molecule has 0 aliphatic rings. The molecule has 0 aliphatic heterocycles. The van der Waals surface area contributed by atoms with Gasteiger partial charge in [-0.3, -0.25) is 0 Å². The Morgan fingerprint density at radius 2 is 1.83 bits per heavy atom. The van der Waals surface area contributed by atoms with Gasteiger partial charge in [0.25, 0.3) is 5.78 Å². The number of hydrazine groups is 3. The van der Waals surface area contributed by atoms with E-state index in [4.69, 9.17) is 17.4 Å². The Kier molecular flexibility index (Phi) is 5.79. The SMILES string of the molecule is CC(F)CN(N(F)F)N(N)c1c(-c2cc(F)c(F)cc2F)c(Cl)nc2ncnn12. The Morgan fingerprint density at radius 1 is 1.17 bits per heavy atom. The van der Waals surface area contributed by atoms with E-state index < -0.39 is 57.7 Å². The van der Waals surface area contributed by atoms with E-state index >= 15 is 0 Å². The maximum absolute atomic E-state index is 14.4. The molecule has 29 heavy (non-hydrogen) atoms. The van der Waals surface area contributed by atoms with Gasteiger partial charge in [-0.15, -0.1) is 0 Å². The van der Waals surface area contributed by atoms with Gasteiger partial charge in [-0.05, 0) is 13.0 Å². The van der Waals surface area contributed by atoms with Gasteiger partial charge >= 0.3 is 0 Å². The van der Waals surface area contributed by atoms with Gasteiger partial charge < -0.3 is 0 Å². The van der Waals surface area contributed by atoms with Crippen LogP contribution in [-0.2, 0) is 0 Å². The number of nitrogens with zero attached hydrogens (tertiary/aromatic N) is 7. The molecule has 0 saturated heterocycles. The van der Waals surface area contributed by atoms with Crippen molar-refractivity contribution in [2.24, 2.45) is 5.84 Å². The van der Waals surface area contributed by atoms with Crippen molar-refractivity contribution >= 4 is 23.2 Å². The third-order valence-electron chi connectivity index (χ3n) is 3.69. The van der Waals surface area contributed by atoms with Crippen LogP contribution >= 0.6 is 11.6 Å². The first-order valence-electron chi connectivity index (χ1n) is 7.73. The molecule has 1 unspecified atom stereocenters. The van der Waals surface area contributed by atoms with Gasteiger partial charge in [0.2, 0.25) is 0 Å². The van der Waals surface area contributed by atoms with Crippen LogP contribution in [0.4, 0.5) is 32.3 Å². The van der Waals surface area contributed by atoms with Crippen molar-refractivity contribution in [2.75, 3.05) is 11.7 Å². The zero-order chi connectivity index (χ0) is 21.5. The molecular formula is C14H11ClF6N8. The highest BCUT2D eigenvalue weighted by molar-refractivity contribution is 6.33. The van der Waals surface area contributed by atoms with E-state index in [2.05, 4.69) is 15.1 Å². The van der Waals surface area contributed by atoms with Crippen LogP contribution in [0.15, 0.2) is 18.5 Å². The molecule has 0 spiro atoms. The van der Waals surface area contributed by atoms with E-state index in [1.165, 1.54) is 0 Å². The highest BCUT2D eigenvalue weighted by Crippen LogP contribution is 2.38. The second-order valence-corrected chi connectivity index (χ2v) is 6.07. The topological polar surface area (TPSA) is 78.8 Å². The predicted octanol–water partition coefficient (Wildman–Crippen LogP) is 3.10. The molecule has 15 heteroatoms. The molecule has 1 aromatic carbocycles. The number of aromatic nitrogens is 4. The second kappa shape index (κ2) is 7.98. The lowest BCUT2D eigenvalue weighted by Gasteiger charge is -2.32. The minimum absolute atomic E-state index is 0.0568. The summed E-state index contributed by atoms with van der Waals surface area (Å²) < 4.78 is 82.4. The molecule has 8 nitrogen and oxygen atoms in total. The van der Waals surface area contributed by atoms with Crippen LogP contribution in [0.25, 0.3) is 16.9 Å². The summed E-state index contributed by atoms with van der Waals surface area (Å²) >= 11 is 6.05. The smallest absolute Gasteiger partial charge is 0.246 e. The zero-order valence-corrected chi connectivity index (χ0v) is 15.1. The predicted molar refractivity (Wildman–Crippen MR) is 89.1 cm³/mol. The molecule has 3 rings (SSSR count). The summed E-state index contributed by atoms with van der Waals surface area (Å²) in [6.45, 7) is 0.0597. The van der Waals surface area contributed by atoms with Crippen LogP contribution in [0, 0.1) is 17.5 Å². The summed E-state index contributed by atoms with van der Waals surface area (Å²) in [6, 6.07) is 0.674. The van der Waals surface area contributed by atoms with Crippen LogP contribution < -0.4 is 11.0 Å². The molecule has 156 valence electrons. The summed E-state index contributed by atoms with van der Waals surface area (Å²) in [4.78, 5) is 7.54. The lowest BCUT2D eigenvalue weighted by atomic mass is 10.1. The number of rotatable bonds is 6. The molecule has 1 atom stereocenters. The molecule has 2 heterocycles. The van der Waals surface area contributed by atoms with Gasteiger partial charge in [-0.2, -0.15) is 19.6 Å². The van der Waals surface area contributed by atoms with Gasteiger partial charge in [-0.25, -0.2) is 28.5 Å². The van der Waals surface area contributed by atoms with E-state index in [-0.39, 0.29) is 22.1 Å². The van der Waals surface area contributed by atoms with Crippen molar-refractivity contribution in [3.63, 3.8) is 0 Å². The fourth-order valence-corrected chi connectivity index (χ4v) is 2.78. The average molecular weight is 441 g/mol. The van der Waals surface area contributed by atoms with Crippen LogP contribution in [0.3, 0.4) is 0 Å². The van der Waals surface area contributed by atoms with Crippen molar-refractivity contribution < 1.29 is 26.5 Å². The first kappa shape index (κ1) is 21.0. The monoisotopic (exact) mass is 440 g/mol. The highest BCUT2D eigenvalue weighted by atomic mass is 35.5. The Balaban J connectivity index is 2.32. The Morgan fingerprint density at radius 3 is 2.45 bits per heavy atom. The number of hydrogen-bond donors (Lipinski definition) is 1. The Labute approximate surface area is 163 Å². The molecule has 0 saturated carbocycles. The first-order valence-corrected chi connectivity index (χ1v) is 8.11. The van der Waals surface area contributed by atoms with Crippen molar-refractivity contribution in [1.82, 2.24) is 30.2 Å². The summed E-state index contributed by atoms with van der Waals surface area (Å²) in [5.41, 5.74) is -2.69.